The fourth-order valence-corrected chi connectivity index (χ4v) is 1.15. The van der Waals surface area contributed by atoms with Crippen molar-refractivity contribution in [1.82, 2.24) is 10.1 Å². The van der Waals surface area contributed by atoms with E-state index >= 15 is 0 Å². The Hall–Kier alpha value is -1.98. The molecule has 4 nitrogen and oxygen atoms in total. The summed E-state index contributed by atoms with van der Waals surface area (Å²) in [7, 11) is 0. The quantitative estimate of drug-likeness (QED) is 0.731. The van der Waals surface area contributed by atoms with Crippen molar-refractivity contribution in [3.05, 3.63) is 29.6 Å². The second kappa shape index (κ2) is 3.30. The van der Waals surface area contributed by atoms with Gasteiger partial charge in [0.1, 0.15) is 0 Å². The molecule has 0 bridgehead atoms. The topological polar surface area (TPSA) is 64.9 Å². The lowest BCUT2D eigenvalue weighted by molar-refractivity contribution is 0.425. The maximum Gasteiger partial charge on any atom is 0.260 e. The number of aryl methyl sites for hydroxylation is 1. The van der Waals surface area contributed by atoms with E-state index in [1.807, 2.05) is 0 Å². The van der Waals surface area contributed by atoms with E-state index in [0.717, 1.165) is 12.1 Å². The molecule has 0 unspecified atom stereocenters. The number of hydrogen-bond acceptors (Lipinski definition) is 4. The van der Waals surface area contributed by atoms with Crippen molar-refractivity contribution in [2.45, 2.75) is 6.92 Å². The van der Waals surface area contributed by atoms with Crippen LogP contribution in [0.2, 0.25) is 0 Å². The molecule has 6 heteroatoms. The van der Waals surface area contributed by atoms with Gasteiger partial charge in [-0.3, -0.25) is 0 Å². The Bertz CT molecular complexity index is 510. The van der Waals surface area contributed by atoms with Gasteiger partial charge in [0.25, 0.3) is 5.89 Å². The van der Waals surface area contributed by atoms with Gasteiger partial charge in [-0.2, -0.15) is 4.98 Å². The number of nitrogens with two attached hydrogens (primary N) is 1. The van der Waals surface area contributed by atoms with Crippen LogP contribution in [0.25, 0.3) is 11.5 Å². The Morgan fingerprint density at radius 1 is 1.27 bits per heavy atom. The predicted octanol–water partition coefficient (Wildman–Crippen LogP) is 1.91. The van der Waals surface area contributed by atoms with Crippen LogP contribution in [-0.4, -0.2) is 10.1 Å². The minimum atomic E-state index is -1.01. The van der Waals surface area contributed by atoms with E-state index in [1.54, 1.807) is 6.92 Å². The smallest absolute Gasteiger partial charge is 0.260 e. The molecule has 0 aliphatic carbocycles. The lowest BCUT2D eigenvalue weighted by atomic mass is 10.1. The maximum absolute atomic E-state index is 12.9. The molecule has 0 saturated carbocycles. The maximum atomic E-state index is 12.9. The zero-order valence-electron chi connectivity index (χ0n) is 7.79. The Morgan fingerprint density at radius 2 is 1.93 bits per heavy atom. The molecule has 1 heterocycles. The van der Waals surface area contributed by atoms with Gasteiger partial charge in [-0.1, -0.05) is 5.16 Å². The van der Waals surface area contributed by atoms with Crippen LogP contribution in [0, 0.1) is 18.6 Å². The number of nitrogens with zero attached hydrogens (tertiary/aromatic N) is 2. The Labute approximate surface area is 83.7 Å². The van der Waals surface area contributed by atoms with Crippen LogP contribution >= 0.6 is 0 Å². The molecule has 78 valence electrons. The highest BCUT2D eigenvalue weighted by Gasteiger charge is 2.14. The van der Waals surface area contributed by atoms with Crippen LogP contribution in [0.5, 0.6) is 0 Å². The summed E-state index contributed by atoms with van der Waals surface area (Å²) in [6.07, 6.45) is 0. The molecule has 0 radical (unpaired) electrons. The SMILES string of the molecule is Cc1noc(-c2cc(F)c(F)cc2N)n1. The lowest BCUT2D eigenvalue weighted by Gasteiger charge is -2.01. The van der Waals surface area contributed by atoms with Crippen LogP contribution in [-0.2, 0) is 0 Å². The molecule has 0 amide bonds. The third-order valence-electron chi connectivity index (χ3n) is 1.85. The van der Waals surface area contributed by atoms with Gasteiger partial charge in [-0.15, -0.1) is 0 Å². The average Bonchev–Trinajstić information content (AvgIpc) is 2.58. The molecule has 0 aliphatic rings. The zero-order chi connectivity index (χ0) is 11.0. The first-order valence-electron chi connectivity index (χ1n) is 4.13. The van der Waals surface area contributed by atoms with E-state index in [2.05, 4.69) is 10.1 Å². The summed E-state index contributed by atoms with van der Waals surface area (Å²) in [5.41, 5.74) is 5.74. The minimum absolute atomic E-state index is 0.0533. The fourth-order valence-electron chi connectivity index (χ4n) is 1.15. The third kappa shape index (κ3) is 1.65. The summed E-state index contributed by atoms with van der Waals surface area (Å²) >= 11 is 0. The van der Waals surface area contributed by atoms with E-state index in [1.165, 1.54) is 0 Å². The average molecular weight is 211 g/mol. The highest BCUT2D eigenvalue weighted by atomic mass is 19.2. The Kier molecular flexibility index (Phi) is 2.11. The molecule has 15 heavy (non-hydrogen) atoms. The number of rotatable bonds is 1. The summed E-state index contributed by atoms with van der Waals surface area (Å²) in [5, 5.41) is 3.53. The highest BCUT2D eigenvalue weighted by Crippen LogP contribution is 2.26. The molecule has 0 saturated heterocycles. The van der Waals surface area contributed by atoms with Gasteiger partial charge >= 0.3 is 0 Å². The van der Waals surface area contributed by atoms with E-state index < -0.39 is 11.6 Å². The first-order chi connectivity index (χ1) is 7.08. The summed E-state index contributed by atoms with van der Waals surface area (Å²) < 4.78 is 30.5. The third-order valence-corrected chi connectivity index (χ3v) is 1.85. The monoisotopic (exact) mass is 211 g/mol. The summed E-state index contributed by atoms with van der Waals surface area (Å²) in [5.74, 6) is -1.54. The van der Waals surface area contributed by atoms with Crippen LogP contribution in [0.3, 0.4) is 0 Å². The molecular weight excluding hydrogens is 204 g/mol. The first-order valence-corrected chi connectivity index (χ1v) is 4.13. The van der Waals surface area contributed by atoms with Crippen molar-refractivity contribution in [3.63, 3.8) is 0 Å². The molecule has 0 aliphatic heterocycles. The molecule has 0 atom stereocenters. The molecule has 2 N–H and O–H groups in total. The van der Waals surface area contributed by atoms with Crippen LogP contribution in [0.1, 0.15) is 5.82 Å². The van der Waals surface area contributed by atoms with Crippen molar-refractivity contribution >= 4 is 5.69 Å². The first kappa shape index (κ1) is 9.57. The van der Waals surface area contributed by atoms with Crippen LogP contribution in [0.15, 0.2) is 16.7 Å². The summed E-state index contributed by atoms with van der Waals surface area (Å²) in [4.78, 5) is 3.87. The van der Waals surface area contributed by atoms with Gasteiger partial charge in [-0.25, -0.2) is 8.78 Å². The lowest BCUT2D eigenvalue weighted by Crippen LogP contribution is -1.94. The normalized spacial score (nSPS) is 10.6. The zero-order valence-corrected chi connectivity index (χ0v) is 7.79. The molecular formula is C9H7F2N3O. The predicted molar refractivity (Wildman–Crippen MR) is 48.8 cm³/mol. The van der Waals surface area contributed by atoms with Crippen molar-refractivity contribution in [3.8, 4) is 11.5 Å². The second-order valence-corrected chi connectivity index (χ2v) is 3.00. The van der Waals surface area contributed by atoms with E-state index in [0.29, 0.717) is 5.82 Å². The standard InChI is InChI=1S/C9H7F2N3O/c1-4-13-9(15-14-4)5-2-6(10)7(11)3-8(5)12/h2-3H,12H2,1H3. The summed E-state index contributed by atoms with van der Waals surface area (Å²) in [6.45, 7) is 1.61. The number of nitrogen functional groups attached to an aromatic ring is 1. The van der Waals surface area contributed by atoms with Gasteiger partial charge in [0.05, 0.1) is 5.56 Å². The Balaban J connectivity index is 2.58. The van der Waals surface area contributed by atoms with Gasteiger partial charge < -0.3 is 10.3 Å². The number of hydrogen-bond donors (Lipinski definition) is 1. The molecule has 0 fully saturated rings. The van der Waals surface area contributed by atoms with Crippen molar-refractivity contribution in [2.24, 2.45) is 0 Å². The van der Waals surface area contributed by atoms with Crippen molar-refractivity contribution in [2.75, 3.05) is 5.73 Å². The largest absolute Gasteiger partial charge is 0.398 e. The van der Waals surface area contributed by atoms with Crippen LogP contribution in [0.4, 0.5) is 14.5 Å². The number of anilines is 1. The van der Waals surface area contributed by atoms with Gasteiger partial charge in [0.15, 0.2) is 17.5 Å². The fraction of sp³-hybridized carbons (Fsp3) is 0.111. The molecule has 1 aromatic heterocycles. The van der Waals surface area contributed by atoms with Gasteiger partial charge in [-0.05, 0) is 13.0 Å². The van der Waals surface area contributed by atoms with E-state index in [4.69, 9.17) is 10.3 Å². The van der Waals surface area contributed by atoms with Gasteiger partial charge in [0.2, 0.25) is 0 Å². The molecule has 2 aromatic rings. The molecule has 1 aromatic carbocycles. The van der Waals surface area contributed by atoms with Crippen molar-refractivity contribution < 1.29 is 13.3 Å². The van der Waals surface area contributed by atoms with Crippen LogP contribution < -0.4 is 5.73 Å². The second-order valence-electron chi connectivity index (χ2n) is 3.00. The Morgan fingerprint density at radius 3 is 2.53 bits per heavy atom. The molecule has 0 spiro atoms. The van der Waals surface area contributed by atoms with Gasteiger partial charge in [0, 0.05) is 11.8 Å². The number of aromatic nitrogens is 2. The van der Waals surface area contributed by atoms with Crippen molar-refractivity contribution in [1.29, 1.82) is 0 Å². The minimum Gasteiger partial charge on any atom is -0.398 e. The number of benzene rings is 1. The number of halogens is 2. The van der Waals surface area contributed by atoms with E-state index in [-0.39, 0.29) is 17.1 Å². The molecule has 2 rings (SSSR count). The van der Waals surface area contributed by atoms with E-state index in [9.17, 15) is 8.78 Å². The highest BCUT2D eigenvalue weighted by molar-refractivity contribution is 5.70. The summed E-state index contributed by atoms with van der Waals surface area (Å²) in [6, 6.07) is 1.81.